The molecule has 0 aliphatic carbocycles. The van der Waals surface area contributed by atoms with E-state index < -0.39 is 24.3 Å². The lowest BCUT2D eigenvalue weighted by molar-refractivity contribution is -0.139. The van der Waals surface area contributed by atoms with Crippen LogP contribution in [-0.2, 0) is 9.59 Å². The summed E-state index contributed by atoms with van der Waals surface area (Å²) in [5, 5.41) is 8.66. The number of nitrogens with zero attached hydrogens (tertiary/aromatic N) is 1. The number of amides is 1. The van der Waals surface area contributed by atoms with E-state index in [2.05, 4.69) is 0 Å². The predicted octanol–water partition coefficient (Wildman–Crippen LogP) is 3.69. The van der Waals surface area contributed by atoms with Crippen LogP contribution in [-0.4, -0.2) is 27.9 Å². The Balaban J connectivity index is 1.85. The van der Waals surface area contributed by atoms with Gasteiger partial charge in [0, 0.05) is 0 Å². The smallest absolute Gasteiger partial charge is 0.341 e. The van der Waals surface area contributed by atoms with E-state index in [0.29, 0.717) is 16.2 Å². The third-order valence-corrected chi connectivity index (χ3v) is 4.71. The molecule has 5 nitrogen and oxygen atoms in total. The zero-order valence-corrected chi connectivity index (χ0v) is 14.8. The summed E-state index contributed by atoms with van der Waals surface area (Å²) in [6.07, 6.45) is 1.60. The highest BCUT2D eigenvalue weighted by Crippen LogP contribution is 2.37. The second-order valence-electron chi connectivity index (χ2n) is 5.22. The lowest BCUT2D eigenvalue weighted by Crippen LogP contribution is -2.28. The van der Waals surface area contributed by atoms with Crippen LogP contribution in [0.4, 0.5) is 10.1 Å². The first kappa shape index (κ1) is 18.1. The van der Waals surface area contributed by atoms with E-state index in [1.165, 1.54) is 18.2 Å². The van der Waals surface area contributed by atoms with Crippen LogP contribution in [0.25, 0.3) is 6.08 Å². The normalized spacial score (nSPS) is 15.6. The van der Waals surface area contributed by atoms with Gasteiger partial charge in [0.25, 0.3) is 5.91 Å². The molecule has 1 heterocycles. The summed E-state index contributed by atoms with van der Waals surface area (Å²) in [5.41, 5.74) is 0.749. The van der Waals surface area contributed by atoms with Gasteiger partial charge in [0.1, 0.15) is 11.6 Å². The Hall–Kier alpha value is -2.71. The highest BCUT2D eigenvalue weighted by atomic mass is 32.2. The maximum Gasteiger partial charge on any atom is 0.341 e. The minimum Gasteiger partial charge on any atom is -0.482 e. The van der Waals surface area contributed by atoms with Crippen LogP contribution in [0.1, 0.15) is 5.56 Å². The topological polar surface area (TPSA) is 66.8 Å². The third kappa shape index (κ3) is 3.92. The Labute approximate surface area is 158 Å². The molecule has 0 aromatic heterocycles. The van der Waals surface area contributed by atoms with Crippen LogP contribution in [0.5, 0.6) is 5.75 Å². The quantitative estimate of drug-likeness (QED) is 0.621. The van der Waals surface area contributed by atoms with Crippen molar-refractivity contribution in [3.05, 3.63) is 64.8 Å². The van der Waals surface area contributed by atoms with Crippen LogP contribution in [0.2, 0.25) is 0 Å². The monoisotopic (exact) mass is 389 g/mol. The van der Waals surface area contributed by atoms with Gasteiger partial charge in [-0.3, -0.25) is 9.69 Å². The predicted molar refractivity (Wildman–Crippen MR) is 102 cm³/mol. The molecular weight excluding hydrogens is 377 g/mol. The zero-order valence-electron chi connectivity index (χ0n) is 13.2. The zero-order chi connectivity index (χ0) is 18.7. The summed E-state index contributed by atoms with van der Waals surface area (Å²) in [5.74, 6) is -1.66. The molecule has 1 saturated heterocycles. The minimum atomic E-state index is -1.08. The number of carbonyl (C=O) groups is 2. The van der Waals surface area contributed by atoms with Gasteiger partial charge in [-0.05, 0) is 35.9 Å². The van der Waals surface area contributed by atoms with Crippen molar-refractivity contribution < 1.29 is 23.8 Å². The van der Waals surface area contributed by atoms with Crippen molar-refractivity contribution in [2.45, 2.75) is 0 Å². The Morgan fingerprint density at radius 3 is 2.77 bits per heavy atom. The SMILES string of the molecule is O=C(O)COc1cccc(/C=C2/SC(=S)N(c3ccccc3F)C2=O)c1. The molecule has 1 amide bonds. The number of hydrogen-bond acceptors (Lipinski definition) is 5. The van der Waals surface area contributed by atoms with Gasteiger partial charge in [-0.2, -0.15) is 0 Å². The van der Waals surface area contributed by atoms with E-state index in [1.54, 1.807) is 36.4 Å². The van der Waals surface area contributed by atoms with Crippen LogP contribution in [0, 0.1) is 5.82 Å². The van der Waals surface area contributed by atoms with Gasteiger partial charge in [0.05, 0.1) is 10.6 Å². The maximum atomic E-state index is 14.0. The molecule has 2 aromatic carbocycles. The van der Waals surface area contributed by atoms with Crippen molar-refractivity contribution in [1.82, 2.24) is 0 Å². The van der Waals surface area contributed by atoms with Crippen molar-refractivity contribution in [1.29, 1.82) is 0 Å². The summed E-state index contributed by atoms with van der Waals surface area (Å²) in [4.78, 5) is 24.7. The molecule has 0 radical (unpaired) electrons. The number of aliphatic carboxylic acids is 1. The van der Waals surface area contributed by atoms with E-state index >= 15 is 0 Å². The summed E-state index contributed by atoms with van der Waals surface area (Å²) in [6.45, 7) is -0.459. The van der Waals surface area contributed by atoms with E-state index in [1.807, 2.05) is 0 Å². The largest absolute Gasteiger partial charge is 0.482 e. The van der Waals surface area contributed by atoms with E-state index in [-0.39, 0.29) is 10.0 Å². The molecule has 1 aliphatic heterocycles. The standard InChI is InChI=1S/C18H12FNO4S2/c19-13-6-1-2-7-14(13)20-17(23)15(26-18(20)25)9-11-4-3-5-12(8-11)24-10-16(21)22/h1-9H,10H2,(H,21,22)/b15-9+. The second-order valence-corrected chi connectivity index (χ2v) is 6.90. The fourth-order valence-corrected chi connectivity index (χ4v) is 3.58. The summed E-state index contributed by atoms with van der Waals surface area (Å²) in [7, 11) is 0. The van der Waals surface area contributed by atoms with E-state index in [9.17, 15) is 14.0 Å². The molecule has 0 unspecified atom stereocenters. The molecule has 0 atom stereocenters. The van der Waals surface area contributed by atoms with Crippen molar-refractivity contribution in [2.24, 2.45) is 0 Å². The van der Waals surface area contributed by atoms with Gasteiger partial charge in [-0.1, -0.05) is 48.2 Å². The Kier molecular flexibility index (Phi) is 5.34. The molecule has 8 heteroatoms. The highest BCUT2D eigenvalue weighted by Gasteiger charge is 2.34. The Morgan fingerprint density at radius 2 is 2.04 bits per heavy atom. The van der Waals surface area contributed by atoms with Crippen LogP contribution < -0.4 is 9.64 Å². The molecule has 0 spiro atoms. The van der Waals surface area contributed by atoms with Crippen LogP contribution in [0.3, 0.4) is 0 Å². The van der Waals surface area contributed by atoms with Crippen LogP contribution in [0.15, 0.2) is 53.4 Å². The lowest BCUT2D eigenvalue weighted by atomic mass is 10.2. The number of carboxylic acids is 1. The van der Waals surface area contributed by atoms with Gasteiger partial charge >= 0.3 is 5.97 Å². The fraction of sp³-hybridized carbons (Fsp3) is 0.0556. The van der Waals surface area contributed by atoms with Crippen LogP contribution >= 0.6 is 24.0 Å². The van der Waals surface area contributed by atoms with Gasteiger partial charge in [0.2, 0.25) is 0 Å². The molecular formula is C18H12FNO4S2. The summed E-state index contributed by atoms with van der Waals surface area (Å²) in [6, 6.07) is 12.6. The van der Waals surface area contributed by atoms with Crippen molar-refractivity contribution in [3.8, 4) is 5.75 Å². The molecule has 3 rings (SSSR count). The lowest BCUT2D eigenvalue weighted by Gasteiger charge is -2.14. The number of benzene rings is 2. The first-order valence-corrected chi connectivity index (χ1v) is 8.65. The number of carbonyl (C=O) groups excluding carboxylic acids is 1. The average molecular weight is 389 g/mol. The molecule has 2 aromatic rings. The Bertz CT molecular complexity index is 929. The van der Waals surface area contributed by atoms with Crippen molar-refractivity contribution >= 4 is 51.9 Å². The maximum absolute atomic E-state index is 14.0. The van der Waals surface area contributed by atoms with Gasteiger partial charge in [0.15, 0.2) is 10.9 Å². The van der Waals surface area contributed by atoms with E-state index in [4.69, 9.17) is 22.1 Å². The number of anilines is 1. The molecule has 0 saturated carbocycles. The average Bonchev–Trinajstić information content (AvgIpc) is 2.88. The number of thiocarbonyl (C=S) groups is 1. The van der Waals surface area contributed by atoms with Gasteiger partial charge in [-0.15, -0.1) is 0 Å². The highest BCUT2D eigenvalue weighted by molar-refractivity contribution is 8.27. The molecule has 1 N–H and O–H groups in total. The number of ether oxygens (including phenoxy) is 1. The molecule has 132 valence electrons. The van der Waals surface area contributed by atoms with Gasteiger partial charge in [-0.25, -0.2) is 9.18 Å². The second kappa shape index (κ2) is 7.67. The van der Waals surface area contributed by atoms with Crippen molar-refractivity contribution in [3.63, 3.8) is 0 Å². The third-order valence-electron chi connectivity index (χ3n) is 3.41. The summed E-state index contributed by atoms with van der Waals surface area (Å²) >= 11 is 6.29. The molecule has 1 fully saturated rings. The minimum absolute atomic E-state index is 0.108. The molecule has 1 aliphatic rings. The number of hydrogen-bond donors (Lipinski definition) is 1. The molecule has 0 bridgehead atoms. The Morgan fingerprint density at radius 1 is 1.27 bits per heavy atom. The first-order valence-electron chi connectivity index (χ1n) is 7.43. The summed E-state index contributed by atoms with van der Waals surface area (Å²) < 4.78 is 19.4. The first-order chi connectivity index (χ1) is 12.5. The number of halogens is 1. The van der Waals surface area contributed by atoms with Crippen molar-refractivity contribution in [2.75, 3.05) is 11.5 Å². The van der Waals surface area contributed by atoms with E-state index in [0.717, 1.165) is 16.7 Å². The number of rotatable bonds is 5. The van der Waals surface area contributed by atoms with Gasteiger partial charge < -0.3 is 9.84 Å². The number of thioether (sulfide) groups is 1. The molecule has 26 heavy (non-hydrogen) atoms. The number of carboxylic acid groups (broad SMARTS) is 1. The fourth-order valence-electron chi connectivity index (χ4n) is 2.30. The number of para-hydroxylation sites is 1.